The van der Waals surface area contributed by atoms with Crippen molar-refractivity contribution in [3.05, 3.63) is 33.8 Å². The van der Waals surface area contributed by atoms with Crippen LogP contribution in [0.2, 0.25) is 0 Å². The van der Waals surface area contributed by atoms with E-state index in [2.05, 4.69) is 15.9 Å². The average molecular weight is 255 g/mol. The van der Waals surface area contributed by atoms with Crippen molar-refractivity contribution in [1.82, 2.24) is 0 Å². The molecular formula is C11H11BrO2. The van der Waals surface area contributed by atoms with Crippen LogP contribution in [-0.2, 0) is 0 Å². The number of carbonyl (C=O) groups excluding carboxylic acids is 1. The molecule has 1 atom stereocenters. The second-order valence-corrected chi connectivity index (χ2v) is 4.48. The fourth-order valence-electron chi connectivity index (χ4n) is 1.98. The number of ketones is 1. The first-order valence-electron chi connectivity index (χ1n) is 4.66. The van der Waals surface area contributed by atoms with Crippen LogP contribution in [-0.4, -0.2) is 17.5 Å². The Morgan fingerprint density at radius 1 is 1.50 bits per heavy atom. The van der Waals surface area contributed by atoms with Crippen LogP contribution in [0, 0.1) is 0 Å². The first kappa shape index (κ1) is 9.87. The Morgan fingerprint density at radius 3 is 3.00 bits per heavy atom. The molecule has 0 heterocycles. The van der Waals surface area contributed by atoms with Crippen molar-refractivity contribution in [3.8, 4) is 0 Å². The Hall–Kier alpha value is -0.670. The molecule has 0 fully saturated rings. The number of rotatable bonds is 2. The predicted molar refractivity (Wildman–Crippen MR) is 57.5 cm³/mol. The maximum Gasteiger partial charge on any atom is 0.163 e. The van der Waals surface area contributed by atoms with Crippen LogP contribution < -0.4 is 0 Å². The molecule has 1 aromatic carbocycles. The van der Waals surface area contributed by atoms with E-state index in [0.717, 1.165) is 15.6 Å². The van der Waals surface area contributed by atoms with Crippen LogP contribution in [0.1, 0.15) is 34.7 Å². The molecule has 0 spiro atoms. The fourth-order valence-corrected chi connectivity index (χ4v) is 2.34. The van der Waals surface area contributed by atoms with Gasteiger partial charge in [0.05, 0.1) is 0 Å². The highest BCUT2D eigenvalue weighted by atomic mass is 79.9. The van der Waals surface area contributed by atoms with Gasteiger partial charge in [0.2, 0.25) is 0 Å². The van der Waals surface area contributed by atoms with E-state index in [4.69, 9.17) is 5.11 Å². The highest BCUT2D eigenvalue weighted by Gasteiger charge is 2.28. The van der Waals surface area contributed by atoms with Gasteiger partial charge in [-0.1, -0.05) is 22.0 Å². The zero-order chi connectivity index (χ0) is 10.1. The van der Waals surface area contributed by atoms with E-state index in [-0.39, 0.29) is 18.3 Å². The van der Waals surface area contributed by atoms with Gasteiger partial charge in [-0.25, -0.2) is 0 Å². The van der Waals surface area contributed by atoms with Crippen LogP contribution in [0.4, 0.5) is 0 Å². The monoisotopic (exact) mass is 254 g/mol. The molecule has 0 bridgehead atoms. The van der Waals surface area contributed by atoms with Crippen LogP contribution >= 0.6 is 15.9 Å². The summed E-state index contributed by atoms with van der Waals surface area (Å²) in [6.45, 7) is 0.146. The second-order valence-electron chi connectivity index (χ2n) is 3.57. The highest BCUT2D eigenvalue weighted by Crippen LogP contribution is 2.36. The number of carbonyl (C=O) groups is 1. The van der Waals surface area contributed by atoms with Gasteiger partial charge in [-0.15, -0.1) is 0 Å². The lowest BCUT2D eigenvalue weighted by atomic mass is 9.98. The van der Waals surface area contributed by atoms with Gasteiger partial charge in [-0.05, 0) is 30.0 Å². The van der Waals surface area contributed by atoms with Crippen LogP contribution in [0.3, 0.4) is 0 Å². The molecule has 0 saturated carbocycles. The first-order chi connectivity index (χ1) is 6.72. The minimum Gasteiger partial charge on any atom is -0.396 e. The Balaban J connectivity index is 2.39. The molecule has 74 valence electrons. The normalized spacial score (nSPS) is 19.9. The largest absolute Gasteiger partial charge is 0.396 e. The lowest BCUT2D eigenvalue weighted by Crippen LogP contribution is -1.97. The molecule has 0 aliphatic heterocycles. The molecular weight excluding hydrogens is 244 g/mol. The van der Waals surface area contributed by atoms with E-state index in [9.17, 15) is 4.79 Å². The molecule has 0 amide bonds. The third-order valence-electron chi connectivity index (χ3n) is 2.66. The van der Waals surface area contributed by atoms with Gasteiger partial charge in [0.1, 0.15) is 0 Å². The maximum atomic E-state index is 11.6. The molecule has 0 aromatic heterocycles. The second kappa shape index (κ2) is 3.83. The summed E-state index contributed by atoms with van der Waals surface area (Å²) in [4.78, 5) is 11.6. The van der Waals surface area contributed by atoms with E-state index in [1.165, 1.54) is 0 Å². The summed E-state index contributed by atoms with van der Waals surface area (Å²) in [5.74, 6) is 0.412. The molecule has 0 unspecified atom stereocenters. The van der Waals surface area contributed by atoms with Crippen LogP contribution in [0.15, 0.2) is 22.7 Å². The third-order valence-corrected chi connectivity index (χ3v) is 3.16. The van der Waals surface area contributed by atoms with Gasteiger partial charge in [-0.3, -0.25) is 4.79 Å². The van der Waals surface area contributed by atoms with Crippen LogP contribution in [0.5, 0.6) is 0 Å². The lowest BCUT2D eigenvalue weighted by molar-refractivity contribution is 0.0986. The summed E-state index contributed by atoms with van der Waals surface area (Å²) < 4.78 is 0.939. The van der Waals surface area contributed by atoms with E-state index in [1.807, 2.05) is 18.2 Å². The topological polar surface area (TPSA) is 37.3 Å². The number of hydrogen-bond donors (Lipinski definition) is 1. The SMILES string of the molecule is O=C1C[C@H](CCO)c2ccc(Br)cc21. The summed E-state index contributed by atoms with van der Waals surface area (Å²) in [5, 5.41) is 8.87. The Bertz CT molecular complexity index is 374. The zero-order valence-electron chi connectivity index (χ0n) is 7.66. The summed E-state index contributed by atoms with van der Waals surface area (Å²) in [6.07, 6.45) is 1.23. The molecule has 3 heteroatoms. The number of hydrogen-bond acceptors (Lipinski definition) is 2. The van der Waals surface area contributed by atoms with Gasteiger partial charge in [0, 0.05) is 23.1 Å². The summed E-state index contributed by atoms with van der Waals surface area (Å²) in [7, 11) is 0. The van der Waals surface area contributed by atoms with Gasteiger partial charge in [-0.2, -0.15) is 0 Å². The number of halogens is 1. The number of aliphatic hydroxyl groups excluding tert-OH is 1. The fraction of sp³-hybridized carbons (Fsp3) is 0.364. The van der Waals surface area contributed by atoms with Crippen molar-refractivity contribution in [2.24, 2.45) is 0 Å². The van der Waals surface area contributed by atoms with Gasteiger partial charge >= 0.3 is 0 Å². The minimum absolute atomic E-state index is 0.146. The molecule has 1 aliphatic rings. The third kappa shape index (κ3) is 1.62. The zero-order valence-corrected chi connectivity index (χ0v) is 9.25. The molecule has 1 aromatic rings. The smallest absolute Gasteiger partial charge is 0.163 e. The van der Waals surface area contributed by atoms with Crippen molar-refractivity contribution in [3.63, 3.8) is 0 Å². The minimum atomic E-state index is 0.146. The molecule has 2 nitrogen and oxygen atoms in total. The van der Waals surface area contributed by atoms with Crippen molar-refractivity contribution in [2.75, 3.05) is 6.61 Å². The molecule has 0 saturated heterocycles. The molecule has 1 aliphatic carbocycles. The highest BCUT2D eigenvalue weighted by molar-refractivity contribution is 9.10. The Morgan fingerprint density at radius 2 is 2.29 bits per heavy atom. The van der Waals surface area contributed by atoms with Gasteiger partial charge in [0.25, 0.3) is 0 Å². The molecule has 14 heavy (non-hydrogen) atoms. The first-order valence-corrected chi connectivity index (χ1v) is 5.45. The molecule has 1 N–H and O–H groups in total. The van der Waals surface area contributed by atoms with Gasteiger partial charge < -0.3 is 5.11 Å². The van der Waals surface area contributed by atoms with Crippen molar-refractivity contribution in [1.29, 1.82) is 0 Å². The Labute approximate surface area is 91.1 Å². The average Bonchev–Trinajstić information content (AvgIpc) is 2.44. The van der Waals surface area contributed by atoms with Gasteiger partial charge in [0.15, 0.2) is 5.78 Å². The Kier molecular flexibility index (Phi) is 2.70. The summed E-state index contributed by atoms with van der Waals surface area (Å²) in [6, 6.07) is 5.79. The number of aliphatic hydroxyl groups is 1. The van der Waals surface area contributed by atoms with E-state index < -0.39 is 0 Å². The van der Waals surface area contributed by atoms with E-state index in [1.54, 1.807) is 0 Å². The molecule has 2 rings (SSSR count). The lowest BCUT2D eigenvalue weighted by Gasteiger charge is -2.07. The standard InChI is InChI=1S/C11H11BrO2/c12-8-1-2-9-7(3-4-13)5-11(14)10(9)6-8/h1-2,6-7,13H,3-5H2/t7-/m0/s1. The maximum absolute atomic E-state index is 11.6. The number of benzene rings is 1. The molecule has 0 radical (unpaired) electrons. The number of Topliss-reactive ketones (excluding diaryl/α,β-unsaturated/α-hetero) is 1. The predicted octanol–water partition coefficient (Wildman–Crippen LogP) is 2.50. The van der Waals surface area contributed by atoms with E-state index in [0.29, 0.717) is 12.8 Å². The number of fused-ring (bicyclic) bond motifs is 1. The summed E-state index contributed by atoms with van der Waals surface area (Å²) >= 11 is 3.35. The van der Waals surface area contributed by atoms with E-state index >= 15 is 0 Å². The van der Waals surface area contributed by atoms with Crippen LogP contribution in [0.25, 0.3) is 0 Å². The van der Waals surface area contributed by atoms with Crippen molar-refractivity contribution in [2.45, 2.75) is 18.8 Å². The van der Waals surface area contributed by atoms with Crippen molar-refractivity contribution >= 4 is 21.7 Å². The van der Waals surface area contributed by atoms with Crippen molar-refractivity contribution < 1.29 is 9.90 Å². The quantitative estimate of drug-likeness (QED) is 0.881. The summed E-state index contributed by atoms with van der Waals surface area (Å²) in [5.41, 5.74) is 1.91.